The third kappa shape index (κ3) is 4.77. The van der Waals surface area contributed by atoms with E-state index in [2.05, 4.69) is 36.5 Å². The molecule has 1 aromatic rings. The van der Waals surface area contributed by atoms with Crippen LogP contribution in [0.4, 0.5) is 0 Å². The summed E-state index contributed by atoms with van der Waals surface area (Å²) in [6, 6.07) is 10.4. The van der Waals surface area contributed by atoms with Gasteiger partial charge < -0.3 is 10.4 Å². The summed E-state index contributed by atoms with van der Waals surface area (Å²) in [7, 11) is 0. The minimum Gasteiger partial charge on any atom is -0.395 e. The fraction of sp³-hybridized carbons (Fsp3) is 0.385. The van der Waals surface area contributed by atoms with E-state index in [4.69, 9.17) is 5.11 Å². The zero-order chi connectivity index (χ0) is 10.9. The van der Waals surface area contributed by atoms with Crippen LogP contribution >= 0.6 is 0 Å². The maximum Gasteiger partial charge on any atom is 0.0584 e. The van der Waals surface area contributed by atoms with Crippen molar-refractivity contribution in [3.8, 4) is 0 Å². The summed E-state index contributed by atoms with van der Waals surface area (Å²) in [6.07, 6.45) is 5.11. The number of benzene rings is 1. The van der Waals surface area contributed by atoms with Crippen molar-refractivity contribution in [1.29, 1.82) is 0 Å². The first-order valence-corrected chi connectivity index (χ1v) is 5.42. The van der Waals surface area contributed by atoms with Crippen molar-refractivity contribution in [1.82, 2.24) is 5.32 Å². The molecule has 2 heteroatoms. The molecule has 0 bridgehead atoms. The molecule has 0 aliphatic carbocycles. The van der Waals surface area contributed by atoms with Crippen molar-refractivity contribution in [2.45, 2.75) is 19.4 Å². The van der Waals surface area contributed by atoms with E-state index in [9.17, 15) is 0 Å². The average molecular weight is 205 g/mol. The molecule has 0 radical (unpaired) electrons. The molecule has 1 unspecified atom stereocenters. The van der Waals surface area contributed by atoms with Crippen molar-refractivity contribution in [3.63, 3.8) is 0 Å². The molecule has 1 atom stereocenters. The van der Waals surface area contributed by atoms with Crippen LogP contribution in [0.1, 0.15) is 18.9 Å². The van der Waals surface area contributed by atoms with E-state index < -0.39 is 0 Å². The van der Waals surface area contributed by atoms with Crippen LogP contribution in [0.25, 0.3) is 6.08 Å². The predicted molar refractivity (Wildman–Crippen MR) is 64.6 cm³/mol. The maximum atomic E-state index is 8.96. The van der Waals surface area contributed by atoms with Crippen molar-refractivity contribution < 1.29 is 5.11 Å². The molecule has 0 saturated heterocycles. The van der Waals surface area contributed by atoms with Gasteiger partial charge in [0.05, 0.1) is 6.61 Å². The quantitative estimate of drug-likeness (QED) is 0.745. The Balaban J connectivity index is 2.28. The van der Waals surface area contributed by atoms with E-state index in [0.717, 1.165) is 13.0 Å². The van der Waals surface area contributed by atoms with Crippen molar-refractivity contribution >= 4 is 6.08 Å². The van der Waals surface area contributed by atoms with E-state index >= 15 is 0 Å². The number of aliphatic hydroxyl groups is 1. The van der Waals surface area contributed by atoms with Gasteiger partial charge in [-0.15, -0.1) is 0 Å². The molecule has 0 aliphatic heterocycles. The topological polar surface area (TPSA) is 32.3 Å². The van der Waals surface area contributed by atoms with Gasteiger partial charge >= 0.3 is 0 Å². The van der Waals surface area contributed by atoms with Gasteiger partial charge in [-0.2, -0.15) is 0 Å². The Morgan fingerprint density at radius 3 is 2.67 bits per heavy atom. The lowest BCUT2D eigenvalue weighted by atomic mass is 10.2. The highest BCUT2D eigenvalue weighted by Crippen LogP contribution is 2.00. The lowest BCUT2D eigenvalue weighted by Crippen LogP contribution is -2.31. The summed E-state index contributed by atoms with van der Waals surface area (Å²) in [4.78, 5) is 0. The molecular formula is C13H19NO. The molecule has 2 nitrogen and oxygen atoms in total. The SMILES string of the molecule is CCC(CO)NCC=Cc1ccccc1. The zero-order valence-corrected chi connectivity index (χ0v) is 9.19. The lowest BCUT2D eigenvalue weighted by Gasteiger charge is -2.11. The third-order valence-electron chi connectivity index (χ3n) is 2.35. The number of aliphatic hydroxyl groups excluding tert-OH is 1. The molecular weight excluding hydrogens is 186 g/mol. The van der Waals surface area contributed by atoms with Crippen LogP contribution in [0, 0.1) is 0 Å². The molecule has 15 heavy (non-hydrogen) atoms. The molecule has 1 rings (SSSR count). The van der Waals surface area contributed by atoms with Crippen molar-refractivity contribution in [3.05, 3.63) is 42.0 Å². The molecule has 82 valence electrons. The summed E-state index contributed by atoms with van der Waals surface area (Å²) in [5.41, 5.74) is 1.20. The summed E-state index contributed by atoms with van der Waals surface area (Å²) in [6.45, 7) is 3.07. The van der Waals surface area contributed by atoms with Gasteiger partial charge in [0.25, 0.3) is 0 Å². The highest BCUT2D eigenvalue weighted by Gasteiger charge is 1.99. The number of nitrogens with one attached hydrogen (secondary N) is 1. The Kier molecular flexibility index (Phi) is 5.74. The monoisotopic (exact) mass is 205 g/mol. The van der Waals surface area contributed by atoms with Gasteiger partial charge in [0.2, 0.25) is 0 Å². The number of hydrogen-bond acceptors (Lipinski definition) is 2. The molecule has 0 spiro atoms. The first kappa shape index (κ1) is 12.0. The van der Waals surface area contributed by atoms with Crippen molar-refractivity contribution in [2.24, 2.45) is 0 Å². The largest absolute Gasteiger partial charge is 0.395 e. The van der Waals surface area contributed by atoms with Crippen LogP contribution in [-0.4, -0.2) is 24.3 Å². The van der Waals surface area contributed by atoms with Crippen LogP contribution in [0.2, 0.25) is 0 Å². The average Bonchev–Trinajstić information content (AvgIpc) is 2.31. The highest BCUT2D eigenvalue weighted by molar-refractivity contribution is 5.48. The molecule has 0 amide bonds. The molecule has 0 heterocycles. The number of rotatable bonds is 6. The second-order valence-electron chi connectivity index (χ2n) is 3.51. The van der Waals surface area contributed by atoms with E-state index in [-0.39, 0.29) is 12.6 Å². The Hall–Kier alpha value is -1.12. The van der Waals surface area contributed by atoms with Crippen LogP contribution in [0.15, 0.2) is 36.4 Å². The van der Waals surface area contributed by atoms with Crippen LogP contribution in [0.5, 0.6) is 0 Å². The fourth-order valence-corrected chi connectivity index (χ4v) is 1.33. The minimum absolute atomic E-state index is 0.204. The van der Waals surface area contributed by atoms with E-state index in [1.165, 1.54) is 5.56 Å². The molecule has 0 aromatic heterocycles. The predicted octanol–water partition coefficient (Wildman–Crippen LogP) is 2.06. The first-order chi connectivity index (χ1) is 7.36. The molecule has 1 aromatic carbocycles. The van der Waals surface area contributed by atoms with E-state index in [1.807, 2.05) is 18.2 Å². The summed E-state index contributed by atoms with van der Waals surface area (Å²) < 4.78 is 0. The normalized spacial score (nSPS) is 13.2. The van der Waals surface area contributed by atoms with Gasteiger partial charge in [0.15, 0.2) is 0 Å². The third-order valence-corrected chi connectivity index (χ3v) is 2.35. The standard InChI is InChI=1S/C13H19NO/c1-2-13(11-15)14-10-6-9-12-7-4-3-5-8-12/h3-9,13-15H,2,10-11H2,1H3. The minimum atomic E-state index is 0.204. The second-order valence-corrected chi connectivity index (χ2v) is 3.51. The van der Waals surface area contributed by atoms with Gasteiger partial charge in [-0.05, 0) is 12.0 Å². The molecule has 0 saturated carbocycles. The van der Waals surface area contributed by atoms with Crippen LogP contribution < -0.4 is 5.32 Å². The first-order valence-electron chi connectivity index (χ1n) is 5.42. The van der Waals surface area contributed by atoms with Gasteiger partial charge in [0, 0.05) is 12.6 Å². The Morgan fingerprint density at radius 2 is 2.07 bits per heavy atom. The summed E-state index contributed by atoms with van der Waals surface area (Å²) in [5, 5.41) is 12.2. The molecule has 2 N–H and O–H groups in total. The smallest absolute Gasteiger partial charge is 0.0584 e. The van der Waals surface area contributed by atoms with Crippen LogP contribution in [0.3, 0.4) is 0 Å². The van der Waals surface area contributed by atoms with Crippen molar-refractivity contribution in [2.75, 3.05) is 13.2 Å². The molecule has 0 aliphatic rings. The number of hydrogen-bond donors (Lipinski definition) is 2. The maximum absolute atomic E-state index is 8.96. The van der Waals surface area contributed by atoms with E-state index in [0.29, 0.717) is 0 Å². The van der Waals surface area contributed by atoms with E-state index in [1.54, 1.807) is 0 Å². The second kappa shape index (κ2) is 7.21. The summed E-state index contributed by atoms with van der Waals surface area (Å²) in [5.74, 6) is 0. The fourth-order valence-electron chi connectivity index (χ4n) is 1.33. The summed E-state index contributed by atoms with van der Waals surface area (Å²) >= 11 is 0. The van der Waals surface area contributed by atoms with Gasteiger partial charge in [-0.1, -0.05) is 49.4 Å². The molecule has 0 fully saturated rings. The lowest BCUT2D eigenvalue weighted by molar-refractivity contribution is 0.242. The highest BCUT2D eigenvalue weighted by atomic mass is 16.3. The Morgan fingerprint density at radius 1 is 1.33 bits per heavy atom. The Bertz CT molecular complexity index is 278. The van der Waals surface area contributed by atoms with Gasteiger partial charge in [-0.25, -0.2) is 0 Å². The Labute approximate surface area is 91.6 Å². The zero-order valence-electron chi connectivity index (χ0n) is 9.19. The van der Waals surface area contributed by atoms with Gasteiger partial charge in [0.1, 0.15) is 0 Å². The van der Waals surface area contributed by atoms with Crippen LogP contribution in [-0.2, 0) is 0 Å². The van der Waals surface area contributed by atoms with Gasteiger partial charge in [-0.3, -0.25) is 0 Å².